The molecule has 1 aliphatic carbocycles. The van der Waals surface area contributed by atoms with Crippen molar-refractivity contribution < 1.29 is 13.2 Å². The Balaban J connectivity index is 1.48. The predicted molar refractivity (Wildman–Crippen MR) is 113 cm³/mol. The summed E-state index contributed by atoms with van der Waals surface area (Å²) in [6.07, 6.45) is 6.27. The highest BCUT2D eigenvalue weighted by atomic mass is 79.9. The largest absolute Gasteiger partial charge is 0.312 e. The average molecular weight is 470 g/mol. The Morgan fingerprint density at radius 2 is 2.00 bits per heavy atom. The highest BCUT2D eigenvalue weighted by Gasteiger charge is 2.37. The molecule has 4 rings (SSSR count). The van der Waals surface area contributed by atoms with Gasteiger partial charge in [0.15, 0.2) is 0 Å². The van der Waals surface area contributed by atoms with Gasteiger partial charge in [-0.05, 0) is 79.2 Å². The van der Waals surface area contributed by atoms with Gasteiger partial charge in [-0.3, -0.25) is 9.69 Å². The van der Waals surface area contributed by atoms with Gasteiger partial charge in [-0.1, -0.05) is 6.42 Å². The van der Waals surface area contributed by atoms with Gasteiger partial charge in [-0.15, -0.1) is 0 Å². The highest BCUT2D eigenvalue weighted by Crippen LogP contribution is 2.39. The van der Waals surface area contributed by atoms with Crippen LogP contribution in [0.15, 0.2) is 21.5 Å². The Morgan fingerprint density at radius 1 is 1.21 bits per heavy atom. The van der Waals surface area contributed by atoms with Gasteiger partial charge in [0.25, 0.3) is 0 Å². The van der Waals surface area contributed by atoms with E-state index in [9.17, 15) is 13.2 Å². The molecule has 0 unspecified atom stereocenters. The Bertz CT molecular complexity index is 870. The third kappa shape index (κ3) is 4.15. The molecule has 1 saturated heterocycles. The van der Waals surface area contributed by atoms with Crippen molar-refractivity contribution in [2.75, 3.05) is 31.1 Å². The number of nitrogens with one attached hydrogen (secondary N) is 1. The van der Waals surface area contributed by atoms with Crippen molar-refractivity contribution in [1.82, 2.24) is 9.62 Å². The molecule has 1 saturated carbocycles. The fourth-order valence-corrected chi connectivity index (χ4v) is 6.39. The molecule has 2 fully saturated rings. The number of hydrogen-bond acceptors (Lipinski definition) is 4. The molecule has 0 spiro atoms. The van der Waals surface area contributed by atoms with Crippen LogP contribution in [0, 0.1) is 5.92 Å². The van der Waals surface area contributed by atoms with Crippen LogP contribution in [-0.2, 0) is 21.2 Å². The number of benzene rings is 1. The summed E-state index contributed by atoms with van der Waals surface area (Å²) in [6.45, 7) is 4.98. The lowest BCUT2D eigenvalue weighted by molar-refractivity contribution is -0.119. The van der Waals surface area contributed by atoms with Gasteiger partial charge in [0.2, 0.25) is 15.9 Å². The van der Waals surface area contributed by atoms with Gasteiger partial charge in [0.05, 0.1) is 4.90 Å². The lowest BCUT2D eigenvalue weighted by Gasteiger charge is -2.33. The number of hydrogen-bond donors (Lipinski definition) is 1. The van der Waals surface area contributed by atoms with E-state index in [2.05, 4.69) is 32.5 Å². The summed E-state index contributed by atoms with van der Waals surface area (Å²) in [6, 6.07) is 4.03. The molecule has 2 aliphatic heterocycles. The van der Waals surface area contributed by atoms with E-state index in [4.69, 9.17) is 0 Å². The van der Waals surface area contributed by atoms with Crippen LogP contribution in [0.3, 0.4) is 0 Å². The molecule has 1 aromatic carbocycles. The fourth-order valence-electron chi connectivity index (χ4n) is 4.26. The Kier molecular flexibility index (Phi) is 5.84. The number of carbonyl (C=O) groups is 1. The van der Waals surface area contributed by atoms with E-state index in [0.717, 1.165) is 43.6 Å². The first-order valence-corrected chi connectivity index (χ1v) is 12.5. The molecule has 28 heavy (non-hydrogen) atoms. The van der Waals surface area contributed by atoms with Crippen molar-refractivity contribution in [1.29, 1.82) is 0 Å². The van der Waals surface area contributed by atoms with Crippen molar-refractivity contribution in [3.05, 3.63) is 22.2 Å². The molecule has 1 aromatic rings. The Morgan fingerprint density at radius 3 is 2.71 bits per heavy atom. The highest BCUT2D eigenvalue weighted by molar-refractivity contribution is 9.10. The van der Waals surface area contributed by atoms with Gasteiger partial charge < -0.3 is 4.90 Å². The lowest BCUT2D eigenvalue weighted by Crippen LogP contribution is -2.42. The number of amides is 1. The standard InChI is InChI=1S/C20H28BrN3O3S/c1-14-4-2-3-9-23(14)11-8-22-28(26,27)19-13-18-16(12-17(19)21)7-10-24(18)20(25)15-5-6-15/h12-15,22H,2-11H2,1H3/t14-/m1/s1. The second-order valence-electron chi connectivity index (χ2n) is 8.20. The van der Waals surface area contributed by atoms with Gasteiger partial charge in [0, 0.05) is 41.8 Å². The first kappa shape index (κ1) is 20.3. The maximum Gasteiger partial charge on any atom is 0.241 e. The quantitative estimate of drug-likeness (QED) is 0.695. The molecule has 0 bridgehead atoms. The minimum absolute atomic E-state index is 0.124. The number of piperidine rings is 1. The number of rotatable bonds is 6. The zero-order valence-electron chi connectivity index (χ0n) is 16.3. The summed E-state index contributed by atoms with van der Waals surface area (Å²) in [5, 5.41) is 0. The number of fused-ring (bicyclic) bond motifs is 1. The maximum absolute atomic E-state index is 12.9. The first-order valence-electron chi connectivity index (χ1n) is 10.2. The van der Waals surface area contributed by atoms with Crippen LogP contribution < -0.4 is 9.62 Å². The molecule has 1 atom stereocenters. The van der Waals surface area contributed by atoms with E-state index in [1.54, 1.807) is 11.0 Å². The normalized spacial score (nSPS) is 23.1. The van der Waals surface area contributed by atoms with Crippen molar-refractivity contribution in [3.63, 3.8) is 0 Å². The summed E-state index contributed by atoms with van der Waals surface area (Å²) >= 11 is 3.43. The van der Waals surface area contributed by atoms with Crippen LogP contribution in [0.5, 0.6) is 0 Å². The second-order valence-corrected chi connectivity index (χ2v) is 10.8. The second kappa shape index (κ2) is 8.05. The Hall–Kier alpha value is -0.960. The SMILES string of the molecule is C[C@@H]1CCCCN1CCNS(=O)(=O)c1cc2c(cc1Br)CCN2C(=O)C1CC1. The van der Waals surface area contributed by atoms with Crippen LogP contribution in [0.2, 0.25) is 0 Å². The summed E-state index contributed by atoms with van der Waals surface area (Å²) in [5.41, 5.74) is 1.78. The molecule has 0 aromatic heterocycles. The third-order valence-corrected chi connectivity index (χ3v) is 8.56. The molecular weight excluding hydrogens is 442 g/mol. The first-order chi connectivity index (χ1) is 13.4. The maximum atomic E-state index is 12.9. The van der Waals surface area contributed by atoms with E-state index in [1.165, 1.54) is 19.3 Å². The van der Waals surface area contributed by atoms with E-state index in [0.29, 0.717) is 23.6 Å². The minimum Gasteiger partial charge on any atom is -0.312 e. The van der Waals surface area contributed by atoms with Gasteiger partial charge in [0.1, 0.15) is 0 Å². The minimum atomic E-state index is -3.65. The van der Waals surface area contributed by atoms with E-state index < -0.39 is 10.0 Å². The van der Waals surface area contributed by atoms with Crippen molar-refractivity contribution >= 4 is 37.5 Å². The molecule has 3 aliphatic rings. The average Bonchev–Trinajstić information content (AvgIpc) is 3.42. The van der Waals surface area contributed by atoms with Crippen molar-refractivity contribution in [3.8, 4) is 0 Å². The predicted octanol–water partition coefficient (Wildman–Crippen LogP) is 2.90. The zero-order valence-corrected chi connectivity index (χ0v) is 18.7. The monoisotopic (exact) mass is 469 g/mol. The molecule has 1 amide bonds. The van der Waals surface area contributed by atoms with Gasteiger partial charge in [-0.25, -0.2) is 13.1 Å². The van der Waals surface area contributed by atoms with Crippen LogP contribution in [-0.4, -0.2) is 51.4 Å². The smallest absolute Gasteiger partial charge is 0.241 e. The number of sulfonamides is 1. The number of anilines is 1. The fraction of sp³-hybridized carbons (Fsp3) is 0.650. The molecule has 6 nitrogen and oxygen atoms in total. The van der Waals surface area contributed by atoms with Crippen LogP contribution in [0.4, 0.5) is 5.69 Å². The van der Waals surface area contributed by atoms with E-state index in [-0.39, 0.29) is 16.7 Å². The number of nitrogens with zero attached hydrogens (tertiary/aromatic N) is 2. The molecule has 0 radical (unpaired) electrons. The molecule has 154 valence electrons. The van der Waals surface area contributed by atoms with Crippen LogP contribution in [0.1, 0.15) is 44.6 Å². The van der Waals surface area contributed by atoms with E-state index >= 15 is 0 Å². The molecule has 2 heterocycles. The van der Waals surface area contributed by atoms with Crippen LogP contribution in [0.25, 0.3) is 0 Å². The molecule has 1 N–H and O–H groups in total. The summed E-state index contributed by atoms with van der Waals surface area (Å²) in [7, 11) is -3.65. The number of carbonyl (C=O) groups excluding carboxylic acids is 1. The number of halogens is 1. The summed E-state index contributed by atoms with van der Waals surface area (Å²) in [5.74, 6) is 0.260. The van der Waals surface area contributed by atoms with Gasteiger partial charge in [-0.2, -0.15) is 0 Å². The lowest BCUT2D eigenvalue weighted by atomic mass is 10.0. The summed E-state index contributed by atoms with van der Waals surface area (Å²) in [4.78, 5) is 16.9. The van der Waals surface area contributed by atoms with Crippen molar-refractivity contribution in [2.45, 2.75) is 56.4 Å². The Labute approximate surface area is 175 Å². The molecule has 8 heteroatoms. The summed E-state index contributed by atoms with van der Waals surface area (Å²) < 4.78 is 29.2. The molecular formula is C20H28BrN3O3S. The van der Waals surface area contributed by atoms with Gasteiger partial charge >= 0.3 is 0 Å². The van der Waals surface area contributed by atoms with Crippen molar-refractivity contribution in [2.24, 2.45) is 5.92 Å². The zero-order chi connectivity index (χ0) is 19.9. The topological polar surface area (TPSA) is 69.7 Å². The van der Waals surface area contributed by atoms with E-state index in [1.807, 2.05) is 6.07 Å². The van der Waals surface area contributed by atoms with Crippen LogP contribution >= 0.6 is 15.9 Å². The third-order valence-electron chi connectivity index (χ3n) is 6.14. The number of likely N-dealkylation sites (tertiary alicyclic amines) is 1.